The number of carboxylic acid groups (broad SMARTS) is 1. The van der Waals surface area contributed by atoms with Crippen LogP contribution in [0.15, 0.2) is 30.5 Å². The SMILES string of the molecule is O=C(O)CCNc1ccnc2c([N+](=O)[O-])cccc12. The number of hydrogen-bond donors (Lipinski definition) is 2. The van der Waals surface area contributed by atoms with E-state index in [-0.39, 0.29) is 24.2 Å². The van der Waals surface area contributed by atoms with Crippen LogP contribution in [0.2, 0.25) is 0 Å². The lowest BCUT2D eigenvalue weighted by Gasteiger charge is -2.08. The highest BCUT2D eigenvalue weighted by Gasteiger charge is 2.14. The number of nitro groups is 1. The molecule has 0 unspecified atom stereocenters. The number of para-hydroxylation sites is 1. The summed E-state index contributed by atoms with van der Waals surface area (Å²) in [5.74, 6) is -0.906. The van der Waals surface area contributed by atoms with Gasteiger partial charge in [0.05, 0.1) is 11.3 Å². The van der Waals surface area contributed by atoms with Crippen LogP contribution in [0.5, 0.6) is 0 Å². The van der Waals surface area contributed by atoms with Crippen molar-refractivity contribution in [2.24, 2.45) is 0 Å². The van der Waals surface area contributed by atoms with Gasteiger partial charge in [-0.05, 0) is 6.07 Å². The minimum Gasteiger partial charge on any atom is -0.481 e. The topological polar surface area (TPSA) is 105 Å². The summed E-state index contributed by atoms with van der Waals surface area (Å²) < 4.78 is 0. The zero-order valence-electron chi connectivity index (χ0n) is 9.87. The first-order valence-corrected chi connectivity index (χ1v) is 5.57. The van der Waals surface area contributed by atoms with Crippen LogP contribution in [-0.2, 0) is 4.79 Å². The molecular weight excluding hydrogens is 250 g/mol. The molecule has 0 bridgehead atoms. The van der Waals surface area contributed by atoms with Gasteiger partial charge in [0.15, 0.2) is 0 Å². The van der Waals surface area contributed by atoms with E-state index in [0.717, 1.165) is 0 Å². The van der Waals surface area contributed by atoms with E-state index in [9.17, 15) is 14.9 Å². The van der Waals surface area contributed by atoms with E-state index in [4.69, 9.17) is 5.11 Å². The maximum absolute atomic E-state index is 10.9. The zero-order valence-corrected chi connectivity index (χ0v) is 9.87. The van der Waals surface area contributed by atoms with Crippen LogP contribution in [0.1, 0.15) is 6.42 Å². The lowest BCUT2D eigenvalue weighted by atomic mass is 10.1. The van der Waals surface area contributed by atoms with Gasteiger partial charge in [-0.3, -0.25) is 14.9 Å². The lowest BCUT2D eigenvalue weighted by molar-refractivity contribution is -0.383. The quantitative estimate of drug-likeness (QED) is 0.630. The number of benzene rings is 1. The Morgan fingerprint density at radius 1 is 1.42 bits per heavy atom. The van der Waals surface area contributed by atoms with E-state index in [0.29, 0.717) is 11.1 Å². The van der Waals surface area contributed by atoms with Crippen molar-refractivity contribution in [3.05, 3.63) is 40.6 Å². The molecule has 0 aliphatic rings. The monoisotopic (exact) mass is 261 g/mol. The summed E-state index contributed by atoms with van der Waals surface area (Å²) in [4.78, 5) is 24.9. The number of nitrogens with one attached hydrogen (secondary N) is 1. The molecule has 0 saturated heterocycles. The number of anilines is 1. The highest BCUT2D eigenvalue weighted by atomic mass is 16.6. The molecule has 1 heterocycles. The number of aliphatic carboxylic acids is 1. The summed E-state index contributed by atoms with van der Waals surface area (Å²) in [5, 5.41) is 23.0. The summed E-state index contributed by atoms with van der Waals surface area (Å²) in [5.41, 5.74) is 0.849. The molecule has 19 heavy (non-hydrogen) atoms. The van der Waals surface area contributed by atoms with E-state index in [2.05, 4.69) is 10.3 Å². The number of hydrogen-bond acceptors (Lipinski definition) is 5. The van der Waals surface area contributed by atoms with E-state index in [1.807, 2.05) is 0 Å². The Balaban J connectivity index is 2.38. The molecule has 0 fully saturated rings. The summed E-state index contributed by atoms with van der Waals surface area (Å²) in [6.07, 6.45) is 1.43. The largest absolute Gasteiger partial charge is 0.481 e. The number of pyridine rings is 1. The summed E-state index contributed by atoms with van der Waals surface area (Å²) >= 11 is 0. The third-order valence-corrected chi connectivity index (χ3v) is 2.60. The van der Waals surface area contributed by atoms with Gasteiger partial charge in [-0.15, -0.1) is 0 Å². The van der Waals surface area contributed by atoms with Crippen molar-refractivity contribution in [1.29, 1.82) is 0 Å². The number of rotatable bonds is 5. The lowest BCUT2D eigenvalue weighted by Crippen LogP contribution is -2.08. The van der Waals surface area contributed by atoms with Crippen molar-refractivity contribution in [2.75, 3.05) is 11.9 Å². The van der Waals surface area contributed by atoms with Gasteiger partial charge in [-0.2, -0.15) is 0 Å². The fraction of sp³-hybridized carbons (Fsp3) is 0.167. The molecule has 2 N–H and O–H groups in total. The first kappa shape index (κ1) is 12.7. The predicted octanol–water partition coefficient (Wildman–Crippen LogP) is 2.03. The predicted molar refractivity (Wildman–Crippen MR) is 69.1 cm³/mol. The Bertz CT molecular complexity index is 642. The molecule has 0 spiro atoms. The number of nitrogens with zero attached hydrogens (tertiary/aromatic N) is 2. The first-order chi connectivity index (χ1) is 9.09. The van der Waals surface area contributed by atoms with Crippen LogP contribution in [0.4, 0.5) is 11.4 Å². The van der Waals surface area contributed by atoms with Crippen LogP contribution in [0.25, 0.3) is 10.9 Å². The normalized spacial score (nSPS) is 10.3. The number of nitro benzene ring substituents is 1. The first-order valence-electron chi connectivity index (χ1n) is 5.57. The molecule has 7 nitrogen and oxygen atoms in total. The van der Waals surface area contributed by atoms with Crippen LogP contribution in [-0.4, -0.2) is 27.5 Å². The number of fused-ring (bicyclic) bond motifs is 1. The van der Waals surface area contributed by atoms with E-state index < -0.39 is 10.9 Å². The second-order valence-corrected chi connectivity index (χ2v) is 3.86. The third-order valence-electron chi connectivity index (χ3n) is 2.60. The molecule has 1 aromatic carbocycles. The summed E-state index contributed by atoms with van der Waals surface area (Å²) in [6.45, 7) is 0.247. The molecule has 0 saturated carbocycles. The van der Waals surface area contributed by atoms with Gasteiger partial charge in [-0.1, -0.05) is 12.1 Å². The smallest absolute Gasteiger partial charge is 0.305 e. The van der Waals surface area contributed by atoms with Gasteiger partial charge < -0.3 is 10.4 Å². The minimum atomic E-state index is -0.906. The second kappa shape index (κ2) is 5.30. The fourth-order valence-electron chi connectivity index (χ4n) is 1.77. The molecule has 7 heteroatoms. The average molecular weight is 261 g/mol. The number of carbonyl (C=O) groups is 1. The zero-order chi connectivity index (χ0) is 13.8. The van der Waals surface area contributed by atoms with Crippen molar-refractivity contribution >= 4 is 28.2 Å². The molecule has 0 atom stereocenters. The molecule has 0 aliphatic heterocycles. The summed E-state index contributed by atoms with van der Waals surface area (Å²) in [7, 11) is 0. The maximum atomic E-state index is 10.9. The fourth-order valence-corrected chi connectivity index (χ4v) is 1.77. The molecule has 0 amide bonds. The van der Waals surface area contributed by atoms with Gasteiger partial charge >= 0.3 is 5.97 Å². The van der Waals surface area contributed by atoms with Gasteiger partial charge in [0.1, 0.15) is 5.52 Å². The van der Waals surface area contributed by atoms with Crippen LogP contribution in [0, 0.1) is 10.1 Å². The Labute approximate surface area is 108 Å². The molecule has 0 aliphatic carbocycles. The number of carboxylic acids is 1. The van der Waals surface area contributed by atoms with Crippen molar-refractivity contribution in [3.8, 4) is 0 Å². The van der Waals surface area contributed by atoms with Gasteiger partial charge in [0.2, 0.25) is 0 Å². The Morgan fingerprint density at radius 3 is 2.89 bits per heavy atom. The molecule has 1 aromatic heterocycles. The minimum absolute atomic E-state index is 0.0290. The molecule has 0 radical (unpaired) electrons. The molecular formula is C12H11N3O4. The highest BCUT2D eigenvalue weighted by molar-refractivity contribution is 5.96. The van der Waals surface area contributed by atoms with Crippen molar-refractivity contribution in [3.63, 3.8) is 0 Å². The van der Waals surface area contributed by atoms with E-state index in [1.54, 1.807) is 18.2 Å². The maximum Gasteiger partial charge on any atom is 0.305 e. The van der Waals surface area contributed by atoms with Crippen LogP contribution in [0.3, 0.4) is 0 Å². The van der Waals surface area contributed by atoms with Crippen molar-refractivity contribution < 1.29 is 14.8 Å². The van der Waals surface area contributed by atoms with Gasteiger partial charge in [0.25, 0.3) is 5.69 Å². The van der Waals surface area contributed by atoms with Crippen molar-refractivity contribution in [1.82, 2.24) is 4.98 Å². The van der Waals surface area contributed by atoms with Crippen molar-refractivity contribution in [2.45, 2.75) is 6.42 Å². The van der Waals surface area contributed by atoms with Crippen LogP contribution < -0.4 is 5.32 Å². The van der Waals surface area contributed by atoms with E-state index in [1.165, 1.54) is 12.3 Å². The average Bonchev–Trinajstić information content (AvgIpc) is 2.37. The molecule has 2 rings (SSSR count). The molecule has 98 valence electrons. The highest BCUT2D eigenvalue weighted by Crippen LogP contribution is 2.28. The Morgan fingerprint density at radius 2 is 2.21 bits per heavy atom. The Hall–Kier alpha value is -2.70. The molecule has 2 aromatic rings. The number of aromatic nitrogens is 1. The van der Waals surface area contributed by atoms with Gasteiger partial charge in [0, 0.05) is 29.9 Å². The third kappa shape index (κ3) is 2.76. The standard InChI is InChI=1S/C12H11N3O4/c16-11(17)5-7-13-9-4-6-14-12-8(9)2-1-3-10(12)15(18)19/h1-4,6H,5,7H2,(H,13,14)(H,16,17). The van der Waals surface area contributed by atoms with Crippen LogP contribution >= 0.6 is 0 Å². The Kier molecular flexibility index (Phi) is 3.56. The van der Waals surface area contributed by atoms with Gasteiger partial charge in [-0.25, -0.2) is 4.98 Å². The van der Waals surface area contributed by atoms with E-state index >= 15 is 0 Å². The number of non-ortho nitro benzene ring substituents is 1. The summed E-state index contributed by atoms with van der Waals surface area (Å²) in [6, 6.07) is 6.33. The second-order valence-electron chi connectivity index (χ2n) is 3.86.